The van der Waals surface area contributed by atoms with Gasteiger partial charge in [0.2, 0.25) is 5.88 Å². The minimum atomic E-state index is 0.576. The summed E-state index contributed by atoms with van der Waals surface area (Å²) >= 11 is 0. The highest BCUT2D eigenvalue weighted by Crippen LogP contribution is 2.23. The number of aryl methyl sites for hydroxylation is 1. The second-order valence-corrected chi connectivity index (χ2v) is 4.78. The van der Waals surface area contributed by atoms with Crippen LogP contribution in [0.3, 0.4) is 0 Å². The Balaban J connectivity index is 1.69. The molecule has 0 amide bonds. The molecule has 1 aliphatic heterocycles. The lowest BCUT2D eigenvalue weighted by Gasteiger charge is -2.29. The number of nitrogens with zero attached hydrogens (tertiary/aromatic N) is 3. The predicted octanol–water partition coefficient (Wildman–Crippen LogP) is 1.99. The smallest absolute Gasteiger partial charge is 0.222 e. The van der Waals surface area contributed by atoms with Crippen LogP contribution in [0, 0.1) is 6.92 Å². The molecule has 0 unspecified atom stereocenters. The molecule has 0 aliphatic carbocycles. The topological polar surface area (TPSA) is 50.3 Å². The van der Waals surface area contributed by atoms with Gasteiger partial charge >= 0.3 is 0 Å². The van der Waals surface area contributed by atoms with Crippen molar-refractivity contribution < 1.29 is 4.74 Å². The number of benzene rings is 1. The maximum Gasteiger partial charge on any atom is 0.222 e. The van der Waals surface area contributed by atoms with E-state index in [1.807, 2.05) is 19.1 Å². The van der Waals surface area contributed by atoms with E-state index < -0.39 is 0 Å². The first-order valence-corrected chi connectivity index (χ1v) is 6.84. The molecule has 0 saturated carbocycles. The van der Waals surface area contributed by atoms with Crippen LogP contribution < -0.4 is 15.0 Å². The summed E-state index contributed by atoms with van der Waals surface area (Å²) in [5, 5.41) is 3.35. The van der Waals surface area contributed by atoms with Gasteiger partial charge in [0, 0.05) is 44.1 Å². The number of nitrogens with one attached hydrogen (secondary N) is 1. The van der Waals surface area contributed by atoms with Gasteiger partial charge in [0.15, 0.2) is 0 Å². The predicted molar refractivity (Wildman–Crippen MR) is 78.4 cm³/mol. The van der Waals surface area contributed by atoms with Crippen molar-refractivity contribution in [3.05, 3.63) is 42.4 Å². The third kappa shape index (κ3) is 3.05. The van der Waals surface area contributed by atoms with Crippen molar-refractivity contribution in [2.45, 2.75) is 6.92 Å². The minimum Gasteiger partial charge on any atom is -0.439 e. The number of hydrogen-bond donors (Lipinski definition) is 1. The summed E-state index contributed by atoms with van der Waals surface area (Å²) < 4.78 is 5.72. The van der Waals surface area contributed by atoms with Gasteiger partial charge in [-0.1, -0.05) is 0 Å². The van der Waals surface area contributed by atoms with Gasteiger partial charge in [0.25, 0.3) is 0 Å². The fraction of sp³-hybridized carbons (Fsp3) is 0.333. The van der Waals surface area contributed by atoms with E-state index in [4.69, 9.17) is 4.74 Å². The van der Waals surface area contributed by atoms with Crippen molar-refractivity contribution in [1.82, 2.24) is 15.3 Å². The average molecular weight is 270 g/mol. The summed E-state index contributed by atoms with van der Waals surface area (Å²) in [7, 11) is 0. The monoisotopic (exact) mass is 270 g/mol. The Labute approximate surface area is 118 Å². The molecule has 20 heavy (non-hydrogen) atoms. The van der Waals surface area contributed by atoms with E-state index in [1.54, 1.807) is 12.3 Å². The number of anilines is 1. The molecule has 1 aliphatic rings. The van der Waals surface area contributed by atoms with Crippen molar-refractivity contribution in [2.75, 3.05) is 31.1 Å². The van der Waals surface area contributed by atoms with Crippen LogP contribution in [0.1, 0.15) is 5.82 Å². The molecular weight excluding hydrogens is 252 g/mol. The maximum absolute atomic E-state index is 5.72. The molecule has 1 aromatic carbocycles. The fourth-order valence-electron chi connectivity index (χ4n) is 2.26. The lowest BCUT2D eigenvalue weighted by molar-refractivity contribution is 0.459. The van der Waals surface area contributed by atoms with Gasteiger partial charge in [0.05, 0.1) is 0 Å². The molecule has 0 radical (unpaired) electrons. The molecular formula is C15H18N4O. The summed E-state index contributed by atoms with van der Waals surface area (Å²) in [4.78, 5) is 10.7. The van der Waals surface area contributed by atoms with Crippen LogP contribution >= 0.6 is 0 Å². The van der Waals surface area contributed by atoms with Crippen LogP contribution in [-0.2, 0) is 0 Å². The molecule has 0 bridgehead atoms. The largest absolute Gasteiger partial charge is 0.439 e. The van der Waals surface area contributed by atoms with Gasteiger partial charge in [-0.25, -0.2) is 4.98 Å². The molecule has 0 atom stereocenters. The molecule has 104 valence electrons. The van der Waals surface area contributed by atoms with E-state index in [2.05, 4.69) is 32.3 Å². The quantitative estimate of drug-likeness (QED) is 0.924. The van der Waals surface area contributed by atoms with Crippen molar-refractivity contribution in [3.63, 3.8) is 0 Å². The molecule has 0 spiro atoms. The summed E-state index contributed by atoms with van der Waals surface area (Å²) in [5.74, 6) is 2.08. The van der Waals surface area contributed by atoms with Crippen LogP contribution in [0.4, 0.5) is 5.69 Å². The van der Waals surface area contributed by atoms with Gasteiger partial charge in [-0.05, 0) is 31.2 Å². The second-order valence-electron chi connectivity index (χ2n) is 4.78. The first-order chi connectivity index (χ1) is 9.81. The van der Waals surface area contributed by atoms with E-state index in [9.17, 15) is 0 Å². The first kappa shape index (κ1) is 12.9. The summed E-state index contributed by atoms with van der Waals surface area (Å²) in [6.07, 6.45) is 1.70. The Kier molecular flexibility index (Phi) is 3.78. The SMILES string of the molecule is Cc1nccc(Oc2ccc(N3CCNCC3)cc2)n1. The van der Waals surface area contributed by atoms with Crippen molar-refractivity contribution in [3.8, 4) is 11.6 Å². The Bertz CT molecular complexity index is 564. The molecule has 1 saturated heterocycles. The van der Waals surface area contributed by atoms with Crippen LogP contribution in [-0.4, -0.2) is 36.1 Å². The maximum atomic E-state index is 5.72. The molecule has 5 nitrogen and oxygen atoms in total. The summed E-state index contributed by atoms with van der Waals surface area (Å²) in [6, 6.07) is 9.91. The van der Waals surface area contributed by atoms with Crippen LogP contribution in [0.25, 0.3) is 0 Å². The molecule has 5 heteroatoms. The van der Waals surface area contributed by atoms with Gasteiger partial charge in [-0.2, -0.15) is 4.98 Å². The van der Waals surface area contributed by atoms with E-state index in [-0.39, 0.29) is 0 Å². The highest BCUT2D eigenvalue weighted by Gasteiger charge is 2.10. The zero-order valence-electron chi connectivity index (χ0n) is 11.5. The van der Waals surface area contributed by atoms with Crippen LogP contribution in [0.5, 0.6) is 11.6 Å². The molecule has 2 heterocycles. The fourth-order valence-corrected chi connectivity index (χ4v) is 2.26. The van der Waals surface area contributed by atoms with Gasteiger partial charge in [-0.15, -0.1) is 0 Å². The van der Waals surface area contributed by atoms with Crippen LogP contribution in [0.2, 0.25) is 0 Å². The zero-order chi connectivity index (χ0) is 13.8. The van der Waals surface area contributed by atoms with Crippen LogP contribution in [0.15, 0.2) is 36.5 Å². The number of hydrogen-bond acceptors (Lipinski definition) is 5. The highest BCUT2D eigenvalue weighted by molar-refractivity contribution is 5.49. The molecule has 3 rings (SSSR count). The lowest BCUT2D eigenvalue weighted by Crippen LogP contribution is -2.43. The second kappa shape index (κ2) is 5.88. The number of ether oxygens (including phenoxy) is 1. The third-order valence-electron chi connectivity index (χ3n) is 3.29. The Morgan fingerprint density at radius 3 is 2.55 bits per heavy atom. The van der Waals surface area contributed by atoms with E-state index in [0.717, 1.165) is 31.9 Å². The van der Waals surface area contributed by atoms with Crippen molar-refractivity contribution >= 4 is 5.69 Å². The highest BCUT2D eigenvalue weighted by atomic mass is 16.5. The number of rotatable bonds is 3. The van der Waals surface area contributed by atoms with Gasteiger partial charge < -0.3 is 15.0 Å². The van der Waals surface area contributed by atoms with E-state index in [1.165, 1.54) is 5.69 Å². The molecule has 1 aromatic heterocycles. The molecule has 2 aromatic rings. The van der Waals surface area contributed by atoms with Crippen molar-refractivity contribution in [1.29, 1.82) is 0 Å². The summed E-state index contributed by atoms with van der Waals surface area (Å²) in [5.41, 5.74) is 1.23. The minimum absolute atomic E-state index is 0.576. The third-order valence-corrected chi connectivity index (χ3v) is 3.29. The number of aromatic nitrogens is 2. The number of piperazine rings is 1. The first-order valence-electron chi connectivity index (χ1n) is 6.84. The Morgan fingerprint density at radius 2 is 1.85 bits per heavy atom. The van der Waals surface area contributed by atoms with E-state index in [0.29, 0.717) is 11.7 Å². The lowest BCUT2D eigenvalue weighted by atomic mass is 10.2. The Morgan fingerprint density at radius 1 is 1.10 bits per heavy atom. The zero-order valence-corrected chi connectivity index (χ0v) is 11.5. The van der Waals surface area contributed by atoms with Crippen molar-refractivity contribution in [2.24, 2.45) is 0 Å². The normalized spacial score (nSPS) is 15.2. The molecule has 1 fully saturated rings. The molecule has 1 N–H and O–H groups in total. The standard InChI is InChI=1S/C15H18N4O/c1-12-17-7-6-15(18-12)20-14-4-2-13(3-5-14)19-10-8-16-9-11-19/h2-7,16H,8-11H2,1H3. The Hall–Kier alpha value is -2.14. The summed E-state index contributed by atoms with van der Waals surface area (Å²) in [6.45, 7) is 6.02. The van der Waals surface area contributed by atoms with Gasteiger partial charge in [0.1, 0.15) is 11.6 Å². The average Bonchev–Trinajstić information content (AvgIpc) is 2.49. The van der Waals surface area contributed by atoms with Gasteiger partial charge in [-0.3, -0.25) is 0 Å². The van der Waals surface area contributed by atoms with E-state index >= 15 is 0 Å².